The summed E-state index contributed by atoms with van der Waals surface area (Å²) in [7, 11) is 0. The van der Waals surface area contributed by atoms with Crippen molar-refractivity contribution in [2.75, 3.05) is 13.1 Å². The van der Waals surface area contributed by atoms with Gasteiger partial charge < -0.3 is 15.2 Å². The summed E-state index contributed by atoms with van der Waals surface area (Å²) in [5.74, 6) is -2.00. The highest BCUT2D eigenvalue weighted by molar-refractivity contribution is 5.81. The number of carbonyl (C=O) groups excluding carboxylic acids is 1. The van der Waals surface area contributed by atoms with E-state index in [2.05, 4.69) is 0 Å². The van der Waals surface area contributed by atoms with Gasteiger partial charge in [0, 0.05) is 31.3 Å². The lowest BCUT2D eigenvalue weighted by Crippen LogP contribution is -2.42. The molecule has 0 aromatic carbocycles. The van der Waals surface area contributed by atoms with Gasteiger partial charge >= 0.3 is 17.8 Å². The van der Waals surface area contributed by atoms with E-state index in [1.54, 1.807) is 5.32 Å². The predicted molar refractivity (Wildman–Crippen MR) is 88.2 cm³/mol. The van der Waals surface area contributed by atoms with E-state index >= 15 is 0 Å². The molecule has 1 fully saturated rings. The number of aliphatic hydroxyl groups is 1. The Morgan fingerprint density at radius 3 is 2.70 bits per heavy atom. The largest absolute Gasteiger partial charge is 0.471 e. The minimum absolute atomic E-state index is 0.0463. The summed E-state index contributed by atoms with van der Waals surface area (Å²) in [5.41, 5.74) is -0.858. The molecule has 0 bridgehead atoms. The number of amides is 1. The Kier molecular flexibility index (Phi) is 6.32. The molecule has 0 spiro atoms. The first-order valence-corrected chi connectivity index (χ1v) is 8.45. The topological polar surface area (TPSA) is 103 Å². The highest BCUT2D eigenvalue weighted by atomic mass is 19.4. The Bertz CT molecular complexity index is 813. The molecule has 0 saturated carbocycles. The fraction of sp³-hybridized carbons (Fsp3) is 0.688. The first-order chi connectivity index (χ1) is 13.0. The van der Waals surface area contributed by atoms with Crippen LogP contribution in [0.1, 0.15) is 38.8 Å². The highest BCUT2D eigenvalue weighted by Gasteiger charge is 2.38. The molecule has 2 N–H and O–H groups in total. The van der Waals surface area contributed by atoms with E-state index in [0.717, 1.165) is 9.13 Å². The average molecular weight is 394 g/mol. The molecule has 1 aliphatic heterocycles. The molecule has 2 heterocycles. The van der Waals surface area contributed by atoms with Gasteiger partial charge in [0.15, 0.2) is 0 Å². The summed E-state index contributed by atoms with van der Waals surface area (Å²) in [6.45, 7) is 0.227. The summed E-state index contributed by atoms with van der Waals surface area (Å²) < 4.78 is 51.1. The van der Waals surface area contributed by atoms with Crippen LogP contribution in [0.25, 0.3) is 0 Å². The number of unbranched alkanes of at least 4 members (excludes halogenated alkanes) is 2. The number of hydrogen-bond acceptors (Lipinski definition) is 5. The minimum atomic E-state index is -4.92. The second-order valence-corrected chi connectivity index (χ2v) is 6.30. The lowest BCUT2D eigenvalue weighted by Gasteiger charge is -2.16. The molecule has 0 aliphatic carbocycles. The molecule has 3 unspecified atom stereocenters. The van der Waals surface area contributed by atoms with Gasteiger partial charge in [0.25, 0.3) is 5.56 Å². The lowest BCUT2D eigenvalue weighted by molar-refractivity contribution is -0.173. The molecule has 3 atom stereocenters. The number of aromatic nitrogens is 2. The van der Waals surface area contributed by atoms with Crippen LogP contribution in [0.2, 0.25) is 0 Å². The number of nitrogens with zero attached hydrogens (tertiary/aromatic N) is 2. The number of carbonyl (C=O) groups is 1. The van der Waals surface area contributed by atoms with Gasteiger partial charge in [-0.25, -0.2) is 4.79 Å². The zero-order chi connectivity index (χ0) is 21.1. The Balaban J connectivity index is 1.96. The van der Waals surface area contributed by atoms with Crippen molar-refractivity contribution in [2.45, 2.75) is 57.7 Å². The van der Waals surface area contributed by atoms with Crippen LogP contribution in [0.3, 0.4) is 0 Å². The number of rotatable bonds is 7. The van der Waals surface area contributed by atoms with E-state index in [1.807, 2.05) is 0 Å². The smallest absolute Gasteiger partial charge is 0.391 e. The van der Waals surface area contributed by atoms with Gasteiger partial charge in [0.2, 0.25) is 0 Å². The Hall–Kier alpha value is -2.14. The van der Waals surface area contributed by atoms with E-state index in [0.29, 0.717) is 12.8 Å². The minimum Gasteiger partial charge on any atom is -0.391 e. The third kappa shape index (κ3) is 5.42. The van der Waals surface area contributed by atoms with Crippen LogP contribution in [-0.2, 0) is 16.1 Å². The van der Waals surface area contributed by atoms with Gasteiger partial charge in [0.05, 0.1) is 14.1 Å². The molecule has 1 aromatic rings. The molecule has 1 saturated heterocycles. The standard InChI is InChI=1S/C16H22F3N3O5/c1-10-8-22(12-7-11(23)9-27-12)15(26)21(13(10)24)6-4-2-3-5-20-14(25)16(17,18)19/h8,11-12,23H,2-7,9H2,1H3,(H,20,25)/i9D. The molecule has 152 valence electrons. The summed E-state index contributed by atoms with van der Waals surface area (Å²) in [6, 6.07) is 0. The summed E-state index contributed by atoms with van der Waals surface area (Å²) in [4.78, 5) is 35.5. The SMILES string of the molecule is [2H]C1OC(n2cc(C)c(=O)n(CCCCCNC(=O)C(F)(F)F)c2=O)CC1O. The van der Waals surface area contributed by atoms with Gasteiger partial charge in [-0.15, -0.1) is 0 Å². The Morgan fingerprint density at radius 1 is 1.41 bits per heavy atom. The summed E-state index contributed by atoms with van der Waals surface area (Å²) in [5, 5.41) is 11.4. The quantitative estimate of drug-likeness (QED) is 0.654. The maximum atomic E-state index is 12.6. The van der Waals surface area contributed by atoms with Crippen molar-refractivity contribution in [3.8, 4) is 0 Å². The van der Waals surface area contributed by atoms with Crippen LogP contribution in [0.5, 0.6) is 0 Å². The van der Waals surface area contributed by atoms with Crippen molar-refractivity contribution in [3.63, 3.8) is 0 Å². The van der Waals surface area contributed by atoms with Crippen molar-refractivity contribution < 1.29 is 29.2 Å². The molecule has 1 aromatic heterocycles. The van der Waals surface area contributed by atoms with E-state index in [9.17, 15) is 32.7 Å². The molecule has 8 nitrogen and oxygen atoms in total. The molecule has 0 radical (unpaired) electrons. The van der Waals surface area contributed by atoms with Crippen LogP contribution >= 0.6 is 0 Å². The van der Waals surface area contributed by atoms with Gasteiger partial charge in [-0.1, -0.05) is 0 Å². The number of hydrogen-bond donors (Lipinski definition) is 2. The molecule has 11 heteroatoms. The summed E-state index contributed by atoms with van der Waals surface area (Å²) in [6.07, 6.45) is -4.45. The molecule has 27 heavy (non-hydrogen) atoms. The van der Waals surface area contributed by atoms with Gasteiger partial charge in [-0.2, -0.15) is 13.2 Å². The number of ether oxygens (including phenoxy) is 1. The first kappa shape index (κ1) is 19.6. The van der Waals surface area contributed by atoms with Crippen LogP contribution in [-0.4, -0.2) is 45.6 Å². The molecular formula is C16H22F3N3O5. The zero-order valence-corrected chi connectivity index (χ0v) is 14.7. The van der Waals surface area contributed by atoms with Crippen LogP contribution in [0.4, 0.5) is 13.2 Å². The second-order valence-electron chi connectivity index (χ2n) is 6.30. The predicted octanol–water partition coefficient (Wildman–Crippen LogP) is 0.447. The fourth-order valence-electron chi connectivity index (χ4n) is 2.71. The highest BCUT2D eigenvalue weighted by Crippen LogP contribution is 2.21. The molecular weight excluding hydrogens is 371 g/mol. The first-order valence-electron chi connectivity index (χ1n) is 9.03. The number of alkyl halides is 3. The van der Waals surface area contributed by atoms with Crippen molar-refractivity contribution in [2.24, 2.45) is 0 Å². The number of nitrogens with one attached hydrogen (secondary N) is 1. The number of aliphatic hydroxyl groups excluding tert-OH is 1. The van der Waals surface area contributed by atoms with Crippen molar-refractivity contribution in [3.05, 3.63) is 32.6 Å². The fourth-order valence-corrected chi connectivity index (χ4v) is 2.71. The normalized spacial score (nSPS) is 23.3. The van der Waals surface area contributed by atoms with Gasteiger partial charge in [0.1, 0.15) is 6.23 Å². The zero-order valence-electron chi connectivity index (χ0n) is 15.7. The Morgan fingerprint density at radius 2 is 2.11 bits per heavy atom. The van der Waals surface area contributed by atoms with E-state index in [1.165, 1.54) is 13.1 Å². The van der Waals surface area contributed by atoms with Crippen LogP contribution in [0.15, 0.2) is 15.8 Å². The third-order valence-corrected chi connectivity index (χ3v) is 4.11. The van der Waals surface area contributed by atoms with Gasteiger partial charge in [-0.05, 0) is 26.2 Å². The van der Waals surface area contributed by atoms with Crippen molar-refractivity contribution >= 4 is 5.91 Å². The maximum absolute atomic E-state index is 12.6. The Labute approximate surface area is 154 Å². The molecule has 2 rings (SSSR count). The monoisotopic (exact) mass is 394 g/mol. The summed E-state index contributed by atoms with van der Waals surface area (Å²) >= 11 is 0. The second kappa shape index (κ2) is 8.70. The maximum Gasteiger partial charge on any atom is 0.471 e. The van der Waals surface area contributed by atoms with Crippen molar-refractivity contribution in [1.29, 1.82) is 0 Å². The van der Waals surface area contributed by atoms with Gasteiger partial charge in [-0.3, -0.25) is 18.7 Å². The number of aryl methyl sites for hydroxylation is 1. The van der Waals surface area contributed by atoms with E-state index in [4.69, 9.17) is 6.11 Å². The molecule has 1 amide bonds. The van der Waals surface area contributed by atoms with Crippen LogP contribution in [0, 0.1) is 6.92 Å². The van der Waals surface area contributed by atoms with E-state index < -0.39 is 42.2 Å². The average Bonchev–Trinajstić information content (AvgIpc) is 2.94. The van der Waals surface area contributed by atoms with Crippen LogP contribution < -0.4 is 16.6 Å². The van der Waals surface area contributed by atoms with E-state index in [-0.39, 0.29) is 31.5 Å². The third-order valence-electron chi connectivity index (χ3n) is 4.11. The van der Waals surface area contributed by atoms with Crippen molar-refractivity contribution in [1.82, 2.24) is 14.5 Å². The number of halogens is 3. The molecule has 1 aliphatic rings. The lowest BCUT2D eigenvalue weighted by atomic mass is 10.2.